The Hall–Kier alpha value is -1.44. The Balaban J connectivity index is 1.68. The highest BCUT2D eigenvalue weighted by molar-refractivity contribution is 7.89. The molecule has 1 fully saturated rings. The maximum atomic E-state index is 12.1. The van der Waals surface area contributed by atoms with Gasteiger partial charge in [-0.05, 0) is 12.0 Å². The molecule has 122 valence electrons. The van der Waals surface area contributed by atoms with E-state index in [0.717, 1.165) is 12.0 Å². The van der Waals surface area contributed by atoms with E-state index in [2.05, 4.69) is 5.32 Å². The summed E-state index contributed by atoms with van der Waals surface area (Å²) in [4.78, 5) is 11.7. The van der Waals surface area contributed by atoms with Crippen LogP contribution in [0.2, 0.25) is 0 Å². The van der Waals surface area contributed by atoms with Crippen LogP contribution in [0, 0.1) is 0 Å². The number of benzene rings is 1. The molecule has 1 amide bonds. The Morgan fingerprint density at radius 2 is 1.86 bits per heavy atom. The molecule has 1 heterocycles. The molecule has 0 atom stereocenters. The number of hydrogen-bond donors (Lipinski definition) is 1. The smallest absolute Gasteiger partial charge is 0.221 e. The van der Waals surface area contributed by atoms with Gasteiger partial charge in [-0.2, -0.15) is 4.31 Å². The summed E-state index contributed by atoms with van der Waals surface area (Å²) >= 11 is 0. The molecule has 7 heteroatoms. The van der Waals surface area contributed by atoms with Gasteiger partial charge < -0.3 is 10.1 Å². The Morgan fingerprint density at radius 1 is 1.18 bits per heavy atom. The molecule has 0 aliphatic carbocycles. The van der Waals surface area contributed by atoms with Crippen LogP contribution in [-0.2, 0) is 26.0 Å². The van der Waals surface area contributed by atoms with E-state index in [1.54, 1.807) is 0 Å². The van der Waals surface area contributed by atoms with Crippen molar-refractivity contribution in [3.05, 3.63) is 35.9 Å². The lowest BCUT2D eigenvalue weighted by Gasteiger charge is -2.25. The van der Waals surface area contributed by atoms with Crippen molar-refractivity contribution in [2.24, 2.45) is 0 Å². The SMILES string of the molecule is O=C(CCS(=O)(=O)N1CCOCC1)NCCc1ccccc1. The molecular formula is C15H22N2O4S. The minimum absolute atomic E-state index is 0.00548. The molecule has 0 bridgehead atoms. The van der Waals surface area contributed by atoms with Gasteiger partial charge in [0.2, 0.25) is 15.9 Å². The number of carbonyl (C=O) groups is 1. The number of ether oxygens (including phenoxy) is 1. The topological polar surface area (TPSA) is 75.7 Å². The van der Waals surface area contributed by atoms with Crippen LogP contribution in [0.3, 0.4) is 0 Å². The highest BCUT2D eigenvalue weighted by Crippen LogP contribution is 2.07. The van der Waals surface area contributed by atoms with E-state index in [1.807, 2.05) is 30.3 Å². The zero-order valence-electron chi connectivity index (χ0n) is 12.5. The van der Waals surface area contributed by atoms with Crippen molar-refractivity contribution >= 4 is 15.9 Å². The zero-order chi connectivity index (χ0) is 15.8. The lowest BCUT2D eigenvalue weighted by atomic mass is 10.1. The molecule has 2 rings (SSSR count). The number of sulfonamides is 1. The molecule has 1 aromatic rings. The fraction of sp³-hybridized carbons (Fsp3) is 0.533. The van der Waals surface area contributed by atoms with Gasteiger partial charge in [-0.3, -0.25) is 4.79 Å². The van der Waals surface area contributed by atoms with Crippen LogP contribution in [0.4, 0.5) is 0 Å². The van der Waals surface area contributed by atoms with E-state index in [0.29, 0.717) is 32.8 Å². The Bertz CT molecular complexity index is 568. The summed E-state index contributed by atoms with van der Waals surface area (Å²) in [5.74, 6) is -0.378. The first-order chi connectivity index (χ1) is 10.6. The van der Waals surface area contributed by atoms with Gasteiger partial charge in [0, 0.05) is 26.1 Å². The van der Waals surface area contributed by atoms with Crippen molar-refractivity contribution in [1.29, 1.82) is 0 Å². The first-order valence-electron chi connectivity index (χ1n) is 7.44. The molecule has 0 unspecified atom stereocenters. The fourth-order valence-electron chi connectivity index (χ4n) is 2.25. The molecule has 0 spiro atoms. The van der Waals surface area contributed by atoms with Crippen molar-refractivity contribution in [3.8, 4) is 0 Å². The van der Waals surface area contributed by atoms with Crippen LogP contribution in [-0.4, -0.2) is 57.2 Å². The number of amides is 1. The Kier molecular flexibility index (Phi) is 6.35. The van der Waals surface area contributed by atoms with Crippen LogP contribution in [0.1, 0.15) is 12.0 Å². The van der Waals surface area contributed by atoms with Crippen LogP contribution in [0.5, 0.6) is 0 Å². The molecule has 0 saturated carbocycles. The average Bonchev–Trinajstić information content (AvgIpc) is 2.55. The summed E-state index contributed by atoms with van der Waals surface area (Å²) in [5.41, 5.74) is 1.14. The average molecular weight is 326 g/mol. The normalized spacial score (nSPS) is 16.4. The minimum atomic E-state index is -3.36. The standard InChI is InChI=1S/C15H22N2O4S/c18-15(16-8-6-14-4-2-1-3-5-14)7-13-22(19,20)17-9-11-21-12-10-17/h1-5H,6-13H2,(H,16,18). The van der Waals surface area contributed by atoms with Crippen LogP contribution >= 0.6 is 0 Å². The molecule has 1 aromatic carbocycles. The fourth-order valence-corrected chi connectivity index (χ4v) is 3.66. The number of rotatable bonds is 7. The predicted molar refractivity (Wildman–Crippen MR) is 84.0 cm³/mol. The third-order valence-corrected chi connectivity index (χ3v) is 5.40. The molecule has 22 heavy (non-hydrogen) atoms. The van der Waals surface area contributed by atoms with Crippen molar-refractivity contribution in [2.45, 2.75) is 12.8 Å². The summed E-state index contributed by atoms with van der Waals surface area (Å²) in [6.07, 6.45) is 0.733. The van der Waals surface area contributed by atoms with E-state index >= 15 is 0 Å². The molecule has 1 aliphatic rings. The van der Waals surface area contributed by atoms with Gasteiger partial charge >= 0.3 is 0 Å². The maximum Gasteiger partial charge on any atom is 0.221 e. The van der Waals surface area contributed by atoms with Gasteiger partial charge in [0.1, 0.15) is 0 Å². The molecule has 0 aromatic heterocycles. The predicted octanol–water partition coefficient (Wildman–Crippen LogP) is 0.397. The summed E-state index contributed by atoms with van der Waals surface area (Å²) < 4.78 is 30.7. The number of morpholine rings is 1. The summed E-state index contributed by atoms with van der Waals surface area (Å²) in [6.45, 7) is 2.10. The van der Waals surface area contributed by atoms with Gasteiger partial charge in [-0.15, -0.1) is 0 Å². The van der Waals surface area contributed by atoms with Crippen molar-refractivity contribution in [3.63, 3.8) is 0 Å². The number of carbonyl (C=O) groups excluding carboxylic acids is 1. The van der Waals surface area contributed by atoms with Crippen LogP contribution < -0.4 is 5.32 Å². The first kappa shape index (κ1) is 16.9. The second-order valence-electron chi connectivity index (χ2n) is 5.16. The second kappa shape index (κ2) is 8.26. The van der Waals surface area contributed by atoms with Crippen LogP contribution in [0.25, 0.3) is 0 Å². The third kappa shape index (κ3) is 5.40. The number of nitrogens with one attached hydrogen (secondary N) is 1. The molecule has 1 N–H and O–H groups in total. The monoisotopic (exact) mass is 326 g/mol. The summed E-state index contributed by atoms with van der Waals surface area (Å²) in [7, 11) is -3.36. The highest BCUT2D eigenvalue weighted by atomic mass is 32.2. The molecule has 0 radical (unpaired) electrons. The highest BCUT2D eigenvalue weighted by Gasteiger charge is 2.24. The first-order valence-corrected chi connectivity index (χ1v) is 9.05. The van der Waals surface area contributed by atoms with Gasteiger partial charge in [0.15, 0.2) is 0 Å². The van der Waals surface area contributed by atoms with E-state index in [-0.39, 0.29) is 18.1 Å². The summed E-state index contributed by atoms with van der Waals surface area (Å²) in [5, 5.41) is 2.76. The van der Waals surface area contributed by atoms with E-state index in [4.69, 9.17) is 4.74 Å². The lowest BCUT2D eigenvalue weighted by molar-refractivity contribution is -0.120. The van der Waals surface area contributed by atoms with Crippen molar-refractivity contribution in [1.82, 2.24) is 9.62 Å². The number of hydrogen-bond acceptors (Lipinski definition) is 4. The van der Waals surface area contributed by atoms with Gasteiger partial charge in [0.25, 0.3) is 0 Å². The molecule has 1 aliphatic heterocycles. The lowest BCUT2D eigenvalue weighted by Crippen LogP contribution is -2.42. The van der Waals surface area contributed by atoms with Crippen molar-refractivity contribution in [2.75, 3.05) is 38.6 Å². The Labute approximate surface area is 131 Å². The van der Waals surface area contributed by atoms with Gasteiger partial charge in [0.05, 0.1) is 19.0 Å². The zero-order valence-corrected chi connectivity index (χ0v) is 13.3. The molecule has 6 nitrogen and oxygen atoms in total. The Morgan fingerprint density at radius 3 is 2.55 bits per heavy atom. The third-order valence-electron chi connectivity index (χ3n) is 3.53. The van der Waals surface area contributed by atoms with E-state index < -0.39 is 10.0 Å². The van der Waals surface area contributed by atoms with Crippen LogP contribution in [0.15, 0.2) is 30.3 Å². The van der Waals surface area contributed by atoms with Gasteiger partial charge in [-0.1, -0.05) is 30.3 Å². The van der Waals surface area contributed by atoms with Crippen molar-refractivity contribution < 1.29 is 17.9 Å². The second-order valence-corrected chi connectivity index (χ2v) is 7.25. The minimum Gasteiger partial charge on any atom is -0.379 e. The largest absolute Gasteiger partial charge is 0.379 e. The maximum absolute atomic E-state index is 12.1. The van der Waals surface area contributed by atoms with E-state index in [1.165, 1.54) is 4.31 Å². The quantitative estimate of drug-likeness (QED) is 0.787. The number of nitrogens with zero attached hydrogens (tertiary/aromatic N) is 1. The summed E-state index contributed by atoms with van der Waals surface area (Å²) in [6, 6.07) is 9.83. The van der Waals surface area contributed by atoms with Gasteiger partial charge in [-0.25, -0.2) is 8.42 Å². The van der Waals surface area contributed by atoms with E-state index in [9.17, 15) is 13.2 Å². The molecular weight excluding hydrogens is 304 g/mol. The molecule has 1 saturated heterocycles.